The summed E-state index contributed by atoms with van der Waals surface area (Å²) in [5, 5.41) is 10.6. The van der Waals surface area contributed by atoms with E-state index in [9.17, 15) is 18.7 Å². The summed E-state index contributed by atoms with van der Waals surface area (Å²) in [7, 11) is 0. The summed E-state index contributed by atoms with van der Waals surface area (Å²) < 4.78 is 27.5. The minimum Gasteiger partial charge on any atom is -0.387 e. The highest BCUT2D eigenvalue weighted by atomic mass is 19.1. The summed E-state index contributed by atoms with van der Waals surface area (Å²) >= 11 is 0. The summed E-state index contributed by atoms with van der Waals surface area (Å²) in [4.78, 5) is 16.4. The molecular formula is C17H14F2N2O2. The number of benzene rings is 2. The van der Waals surface area contributed by atoms with E-state index in [0.717, 1.165) is 0 Å². The number of nitrogens with zero attached hydrogens (tertiary/aromatic N) is 2. The number of fused-ring (bicyclic) bond motifs is 1. The number of aryl methyl sites for hydroxylation is 1. The molecule has 2 aromatic carbocycles. The van der Waals surface area contributed by atoms with E-state index in [4.69, 9.17) is 0 Å². The standard InChI is InChI=1S/C17H14F2N2O2/c1-10-6-11(18)2-4-13(10)16(22)8-21-9-20-15-7-12(19)3-5-14(15)17(21)23/h2-7,9,16,22H,8H2,1H3. The SMILES string of the molecule is Cc1cc(F)ccc1C(O)Cn1cnc2cc(F)ccc2c1=O. The molecule has 0 radical (unpaired) electrons. The van der Waals surface area contributed by atoms with Crippen LogP contribution in [-0.4, -0.2) is 14.7 Å². The molecule has 0 aliphatic heterocycles. The smallest absolute Gasteiger partial charge is 0.261 e. The topological polar surface area (TPSA) is 55.1 Å². The molecule has 1 heterocycles. The Morgan fingerprint density at radius 1 is 1.17 bits per heavy atom. The molecule has 3 aromatic rings. The van der Waals surface area contributed by atoms with E-state index in [1.54, 1.807) is 6.92 Å². The first-order valence-corrected chi connectivity index (χ1v) is 7.04. The Labute approximate surface area is 130 Å². The minimum atomic E-state index is -0.979. The van der Waals surface area contributed by atoms with Crippen LogP contribution in [0.1, 0.15) is 17.2 Å². The highest BCUT2D eigenvalue weighted by Gasteiger charge is 2.14. The Morgan fingerprint density at radius 3 is 2.61 bits per heavy atom. The van der Waals surface area contributed by atoms with Gasteiger partial charge in [-0.1, -0.05) is 6.07 Å². The Bertz CT molecular complexity index is 938. The first kappa shape index (κ1) is 15.3. The maximum Gasteiger partial charge on any atom is 0.261 e. The van der Waals surface area contributed by atoms with Crippen LogP contribution < -0.4 is 5.56 Å². The van der Waals surface area contributed by atoms with Gasteiger partial charge in [0, 0.05) is 6.07 Å². The molecule has 0 saturated carbocycles. The van der Waals surface area contributed by atoms with Gasteiger partial charge in [0.1, 0.15) is 11.6 Å². The van der Waals surface area contributed by atoms with Crippen molar-refractivity contribution in [3.8, 4) is 0 Å². The van der Waals surface area contributed by atoms with Gasteiger partial charge < -0.3 is 5.11 Å². The van der Waals surface area contributed by atoms with Crippen molar-refractivity contribution in [3.63, 3.8) is 0 Å². The van der Waals surface area contributed by atoms with Crippen molar-refractivity contribution in [2.75, 3.05) is 0 Å². The van der Waals surface area contributed by atoms with Gasteiger partial charge in [-0.3, -0.25) is 9.36 Å². The number of aromatic nitrogens is 2. The predicted octanol–water partition coefficient (Wildman–Crippen LogP) is 2.72. The van der Waals surface area contributed by atoms with E-state index in [2.05, 4.69) is 4.98 Å². The number of hydrogen-bond acceptors (Lipinski definition) is 3. The van der Waals surface area contributed by atoms with Crippen LogP contribution >= 0.6 is 0 Å². The van der Waals surface area contributed by atoms with Crippen LogP contribution in [0, 0.1) is 18.6 Å². The Balaban J connectivity index is 1.96. The lowest BCUT2D eigenvalue weighted by atomic mass is 10.0. The molecule has 0 amide bonds. The molecule has 4 nitrogen and oxygen atoms in total. The van der Waals surface area contributed by atoms with Gasteiger partial charge in [-0.05, 0) is 42.3 Å². The van der Waals surface area contributed by atoms with E-state index in [-0.39, 0.29) is 28.8 Å². The maximum atomic E-state index is 13.2. The fourth-order valence-corrected chi connectivity index (χ4v) is 2.56. The monoisotopic (exact) mass is 316 g/mol. The van der Waals surface area contributed by atoms with E-state index >= 15 is 0 Å². The molecule has 1 N–H and O–H groups in total. The second-order valence-electron chi connectivity index (χ2n) is 5.38. The summed E-state index contributed by atoms with van der Waals surface area (Å²) in [6, 6.07) is 7.81. The normalized spacial score (nSPS) is 12.5. The zero-order chi connectivity index (χ0) is 16.6. The number of rotatable bonds is 3. The molecule has 0 bridgehead atoms. The molecule has 6 heteroatoms. The predicted molar refractivity (Wildman–Crippen MR) is 82.1 cm³/mol. The first-order valence-electron chi connectivity index (χ1n) is 7.04. The highest BCUT2D eigenvalue weighted by molar-refractivity contribution is 5.77. The van der Waals surface area contributed by atoms with Gasteiger partial charge >= 0.3 is 0 Å². The molecule has 0 aliphatic rings. The third-order valence-electron chi connectivity index (χ3n) is 3.75. The van der Waals surface area contributed by atoms with Crippen molar-refractivity contribution in [3.05, 3.63) is 75.8 Å². The van der Waals surface area contributed by atoms with Crippen molar-refractivity contribution in [2.45, 2.75) is 19.6 Å². The van der Waals surface area contributed by atoms with Crippen LogP contribution in [0.2, 0.25) is 0 Å². The largest absolute Gasteiger partial charge is 0.387 e. The van der Waals surface area contributed by atoms with Gasteiger partial charge in [-0.2, -0.15) is 0 Å². The van der Waals surface area contributed by atoms with Crippen LogP contribution in [-0.2, 0) is 6.54 Å². The van der Waals surface area contributed by atoms with Crippen molar-refractivity contribution < 1.29 is 13.9 Å². The molecule has 0 fully saturated rings. The molecular weight excluding hydrogens is 302 g/mol. The van der Waals surface area contributed by atoms with Gasteiger partial charge in [-0.15, -0.1) is 0 Å². The Morgan fingerprint density at radius 2 is 1.87 bits per heavy atom. The van der Waals surface area contributed by atoms with Crippen LogP contribution in [0.15, 0.2) is 47.5 Å². The zero-order valence-electron chi connectivity index (χ0n) is 12.3. The average molecular weight is 316 g/mol. The van der Waals surface area contributed by atoms with Crippen LogP contribution in [0.3, 0.4) is 0 Å². The van der Waals surface area contributed by atoms with Crippen LogP contribution in [0.25, 0.3) is 10.9 Å². The Hall–Kier alpha value is -2.60. The first-order chi connectivity index (χ1) is 11.0. The minimum absolute atomic E-state index is 0.0222. The summed E-state index contributed by atoms with van der Waals surface area (Å²) in [6.07, 6.45) is 0.291. The van der Waals surface area contributed by atoms with Crippen LogP contribution in [0.5, 0.6) is 0 Å². The molecule has 118 valence electrons. The lowest BCUT2D eigenvalue weighted by Crippen LogP contribution is -2.24. The molecule has 0 spiro atoms. The van der Waals surface area contributed by atoms with E-state index in [1.165, 1.54) is 47.3 Å². The molecule has 0 aliphatic carbocycles. The number of halogens is 2. The van der Waals surface area contributed by atoms with E-state index in [0.29, 0.717) is 11.1 Å². The van der Waals surface area contributed by atoms with Gasteiger partial charge in [0.2, 0.25) is 0 Å². The summed E-state index contributed by atoms with van der Waals surface area (Å²) in [6.45, 7) is 1.66. The Kier molecular flexibility index (Phi) is 3.92. The summed E-state index contributed by atoms with van der Waals surface area (Å²) in [5.74, 6) is -0.853. The van der Waals surface area contributed by atoms with E-state index < -0.39 is 11.9 Å². The third kappa shape index (κ3) is 2.98. The van der Waals surface area contributed by atoms with Crippen molar-refractivity contribution in [1.29, 1.82) is 0 Å². The third-order valence-corrected chi connectivity index (χ3v) is 3.75. The summed E-state index contributed by atoms with van der Waals surface area (Å²) in [5.41, 5.74) is 1.03. The number of hydrogen-bond donors (Lipinski definition) is 1. The van der Waals surface area contributed by atoms with Gasteiger partial charge in [-0.25, -0.2) is 13.8 Å². The molecule has 1 atom stereocenters. The number of aliphatic hydroxyl groups is 1. The van der Waals surface area contributed by atoms with Crippen LogP contribution in [0.4, 0.5) is 8.78 Å². The van der Waals surface area contributed by atoms with Gasteiger partial charge in [0.05, 0.1) is 29.9 Å². The highest BCUT2D eigenvalue weighted by Crippen LogP contribution is 2.20. The molecule has 3 rings (SSSR count). The van der Waals surface area contributed by atoms with Gasteiger partial charge in [0.15, 0.2) is 0 Å². The number of aliphatic hydroxyl groups excluding tert-OH is 1. The van der Waals surface area contributed by atoms with Crippen molar-refractivity contribution in [2.24, 2.45) is 0 Å². The molecule has 0 saturated heterocycles. The lowest BCUT2D eigenvalue weighted by Gasteiger charge is -2.15. The molecule has 1 unspecified atom stereocenters. The fourth-order valence-electron chi connectivity index (χ4n) is 2.56. The van der Waals surface area contributed by atoms with E-state index in [1.807, 2.05) is 0 Å². The van der Waals surface area contributed by atoms with Crippen molar-refractivity contribution >= 4 is 10.9 Å². The quantitative estimate of drug-likeness (QED) is 0.808. The fraction of sp³-hybridized carbons (Fsp3) is 0.176. The second kappa shape index (κ2) is 5.89. The van der Waals surface area contributed by atoms with Crippen molar-refractivity contribution in [1.82, 2.24) is 9.55 Å². The lowest BCUT2D eigenvalue weighted by molar-refractivity contribution is 0.154. The second-order valence-corrected chi connectivity index (χ2v) is 5.38. The average Bonchev–Trinajstić information content (AvgIpc) is 2.50. The maximum absolute atomic E-state index is 13.2. The zero-order valence-corrected chi connectivity index (χ0v) is 12.3. The molecule has 23 heavy (non-hydrogen) atoms. The van der Waals surface area contributed by atoms with Gasteiger partial charge in [0.25, 0.3) is 5.56 Å². The molecule has 1 aromatic heterocycles.